The number of sulfone groups is 1. The summed E-state index contributed by atoms with van der Waals surface area (Å²) in [5.41, 5.74) is 8.97. The van der Waals surface area contributed by atoms with Crippen LogP contribution in [-0.4, -0.2) is 44.0 Å². The number of aryl methyl sites for hydroxylation is 1. The van der Waals surface area contributed by atoms with Gasteiger partial charge < -0.3 is 16.2 Å². The van der Waals surface area contributed by atoms with E-state index in [2.05, 4.69) is 5.32 Å². The zero-order valence-electron chi connectivity index (χ0n) is 21.0. The molecule has 3 atom stereocenters. The Bertz CT molecular complexity index is 1380. The number of carbonyl (C=O) groups excluding carboxylic acids is 1. The van der Waals surface area contributed by atoms with Gasteiger partial charge in [-0.2, -0.15) is 0 Å². The van der Waals surface area contributed by atoms with Crippen molar-refractivity contribution >= 4 is 21.6 Å². The van der Waals surface area contributed by atoms with Gasteiger partial charge in [-0.3, -0.25) is 4.90 Å². The van der Waals surface area contributed by atoms with Crippen molar-refractivity contribution in [3.05, 3.63) is 101 Å². The largest absolute Gasteiger partial charge is 0.390 e. The molecule has 0 aliphatic carbocycles. The molecule has 10 heteroatoms. The van der Waals surface area contributed by atoms with Crippen LogP contribution in [0.1, 0.15) is 35.2 Å². The Hall–Kier alpha value is -3.34. The first-order valence-electron chi connectivity index (χ1n) is 12.4. The number of primary amides is 1. The number of benzene rings is 3. The molecular weight excluding hydrogens is 512 g/mol. The van der Waals surface area contributed by atoms with Gasteiger partial charge in [-0.1, -0.05) is 43.3 Å². The van der Waals surface area contributed by atoms with Gasteiger partial charge in [0.05, 0.1) is 23.7 Å². The van der Waals surface area contributed by atoms with E-state index in [1.165, 1.54) is 4.90 Å². The highest BCUT2D eigenvalue weighted by Crippen LogP contribution is 2.30. The second kappa shape index (κ2) is 11.6. The van der Waals surface area contributed by atoms with Crippen molar-refractivity contribution in [3.63, 3.8) is 0 Å². The average Bonchev–Trinajstić information content (AvgIpc) is 2.85. The normalized spacial score (nSPS) is 17.8. The molecule has 4 rings (SSSR count). The van der Waals surface area contributed by atoms with E-state index in [4.69, 9.17) is 5.73 Å². The molecule has 0 fully saturated rings. The van der Waals surface area contributed by atoms with Crippen LogP contribution in [0.5, 0.6) is 0 Å². The summed E-state index contributed by atoms with van der Waals surface area (Å²) in [7, 11) is -3.38. The standard InChI is InChI=1S/C28H31F2N3O4S/c1-2-18-8-9-20-16-38(36,37)17-25(24(20)12-18)32-15-27(34)26(13-19-10-21(29)14-22(30)11-19)33(28(31)35)23-6-4-3-5-7-23/h3-12,14,25-27,32,34H,2,13,15-17H2,1H3,(H2,31,35)/t25-,26-,27+/m0/s1. The van der Waals surface area contributed by atoms with E-state index >= 15 is 0 Å². The number of amides is 2. The summed E-state index contributed by atoms with van der Waals surface area (Å²) >= 11 is 0. The third-order valence-electron chi connectivity index (χ3n) is 6.78. The highest BCUT2D eigenvalue weighted by Gasteiger charge is 2.34. The topological polar surface area (TPSA) is 113 Å². The van der Waals surface area contributed by atoms with Gasteiger partial charge in [0, 0.05) is 24.3 Å². The van der Waals surface area contributed by atoms with Gasteiger partial charge in [-0.05, 0) is 59.4 Å². The Morgan fingerprint density at radius 1 is 1.08 bits per heavy atom. The fraction of sp³-hybridized carbons (Fsp3) is 0.321. The lowest BCUT2D eigenvalue weighted by Gasteiger charge is -2.35. The van der Waals surface area contributed by atoms with Crippen LogP contribution in [-0.2, 0) is 28.4 Å². The number of para-hydroxylation sites is 1. The fourth-order valence-electron chi connectivity index (χ4n) is 4.97. The van der Waals surface area contributed by atoms with Crippen molar-refractivity contribution in [1.82, 2.24) is 5.32 Å². The van der Waals surface area contributed by atoms with Crippen molar-refractivity contribution in [3.8, 4) is 0 Å². The van der Waals surface area contributed by atoms with Crippen LogP contribution in [0.2, 0.25) is 0 Å². The number of halogens is 2. The lowest BCUT2D eigenvalue weighted by Crippen LogP contribution is -2.54. The number of carbonyl (C=O) groups is 1. The molecule has 2 amide bonds. The predicted molar refractivity (Wildman–Crippen MR) is 142 cm³/mol. The third kappa shape index (κ3) is 6.56. The first-order chi connectivity index (χ1) is 18.1. The van der Waals surface area contributed by atoms with E-state index in [0.29, 0.717) is 11.3 Å². The van der Waals surface area contributed by atoms with Crippen molar-refractivity contribution in [2.45, 2.75) is 43.7 Å². The Labute approximate surface area is 221 Å². The molecule has 0 radical (unpaired) electrons. The molecule has 1 heterocycles. The SMILES string of the molecule is CCc1ccc2c(c1)[C@@H](NC[C@@H](O)[C@H](Cc1cc(F)cc(F)c1)N(C(N)=O)c1ccccc1)CS(=O)(=O)C2. The molecule has 3 aromatic carbocycles. The summed E-state index contributed by atoms with van der Waals surface area (Å²) in [6.07, 6.45) is -0.585. The molecule has 0 unspecified atom stereocenters. The number of fused-ring (bicyclic) bond motifs is 1. The van der Waals surface area contributed by atoms with Gasteiger partial charge in [0.2, 0.25) is 0 Å². The Morgan fingerprint density at radius 3 is 2.39 bits per heavy atom. The predicted octanol–water partition coefficient (Wildman–Crippen LogP) is 3.64. The molecule has 3 aromatic rings. The summed E-state index contributed by atoms with van der Waals surface area (Å²) in [5.74, 6) is -1.76. The summed E-state index contributed by atoms with van der Waals surface area (Å²) < 4.78 is 53.1. The monoisotopic (exact) mass is 543 g/mol. The van der Waals surface area contributed by atoms with Crippen molar-refractivity contribution in [1.29, 1.82) is 0 Å². The van der Waals surface area contributed by atoms with E-state index in [0.717, 1.165) is 35.7 Å². The molecule has 0 saturated carbocycles. The summed E-state index contributed by atoms with van der Waals surface area (Å²) in [4.78, 5) is 13.8. The Balaban J connectivity index is 1.64. The minimum Gasteiger partial charge on any atom is -0.390 e. The number of nitrogens with two attached hydrogens (primary N) is 1. The van der Waals surface area contributed by atoms with Crippen LogP contribution >= 0.6 is 0 Å². The summed E-state index contributed by atoms with van der Waals surface area (Å²) in [6, 6.07) is 14.7. The van der Waals surface area contributed by atoms with Gasteiger partial charge in [0.25, 0.3) is 0 Å². The number of nitrogens with zero attached hydrogens (tertiary/aromatic N) is 1. The molecular formula is C28H31F2N3O4S. The average molecular weight is 544 g/mol. The number of aliphatic hydroxyl groups is 1. The molecule has 7 nitrogen and oxygen atoms in total. The lowest BCUT2D eigenvalue weighted by molar-refractivity contribution is 0.135. The molecule has 38 heavy (non-hydrogen) atoms. The number of nitrogens with one attached hydrogen (secondary N) is 1. The van der Waals surface area contributed by atoms with Crippen molar-refractivity contribution in [2.24, 2.45) is 5.73 Å². The molecule has 1 aliphatic rings. The number of aliphatic hydroxyl groups excluding tert-OH is 1. The van der Waals surface area contributed by atoms with Gasteiger partial charge in [-0.15, -0.1) is 0 Å². The highest BCUT2D eigenvalue weighted by molar-refractivity contribution is 7.90. The molecule has 0 spiro atoms. The quantitative estimate of drug-likeness (QED) is 0.382. The first kappa shape index (κ1) is 27.7. The second-order valence-corrected chi connectivity index (χ2v) is 11.7. The van der Waals surface area contributed by atoms with Crippen LogP contribution in [0.15, 0.2) is 66.7 Å². The number of urea groups is 1. The maximum absolute atomic E-state index is 14.0. The highest BCUT2D eigenvalue weighted by atomic mass is 32.2. The number of hydrogen-bond acceptors (Lipinski definition) is 5. The van der Waals surface area contributed by atoms with Crippen molar-refractivity contribution in [2.75, 3.05) is 17.2 Å². The van der Waals surface area contributed by atoms with Crippen LogP contribution < -0.4 is 16.0 Å². The van der Waals surface area contributed by atoms with Gasteiger partial charge >= 0.3 is 6.03 Å². The molecule has 0 saturated heterocycles. The van der Waals surface area contributed by atoms with Crippen LogP contribution in [0.4, 0.5) is 19.3 Å². The van der Waals surface area contributed by atoms with Gasteiger partial charge in [0.15, 0.2) is 9.84 Å². The minimum absolute atomic E-state index is 0.0513. The zero-order valence-corrected chi connectivity index (χ0v) is 21.8. The van der Waals surface area contributed by atoms with E-state index in [9.17, 15) is 27.1 Å². The molecule has 1 aliphatic heterocycles. The van der Waals surface area contributed by atoms with E-state index in [1.54, 1.807) is 30.3 Å². The van der Waals surface area contributed by atoms with E-state index in [1.807, 2.05) is 25.1 Å². The van der Waals surface area contributed by atoms with Gasteiger partial charge in [0.1, 0.15) is 11.6 Å². The zero-order chi connectivity index (χ0) is 27.4. The smallest absolute Gasteiger partial charge is 0.319 e. The summed E-state index contributed by atoms with van der Waals surface area (Å²) in [5, 5.41) is 14.5. The van der Waals surface area contributed by atoms with Crippen molar-refractivity contribution < 1.29 is 27.1 Å². The number of rotatable bonds is 9. The molecule has 202 valence electrons. The third-order valence-corrected chi connectivity index (χ3v) is 8.37. The minimum atomic E-state index is -3.38. The number of hydrogen-bond donors (Lipinski definition) is 3. The Kier molecular flexibility index (Phi) is 8.44. The van der Waals surface area contributed by atoms with E-state index < -0.39 is 45.7 Å². The first-order valence-corrected chi connectivity index (χ1v) is 14.2. The van der Waals surface area contributed by atoms with Crippen LogP contribution in [0, 0.1) is 11.6 Å². The number of anilines is 1. The Morgan fingerprint density at radius 2 is 1.76 bits per heavy atom. The van der Waals surface area contributed by atoms with Gasteiger partial charge in [-0.25, -0.2) is 22.0 Å². The molecule has 4 N–H and O–H groups in total. The van der Waals surface area contributed by atoms with Crippen LogP contribution in [0.3, 0.4) is 0 Å². The molecule has 0 aromatic heterocycles. The second-order valence-electron chi connectivity index (χ2n) is 9.56. The summed E-state index contributed by atoms with van der Waals surface area (Å²) in [6.45, 7) is 1.91. The maximum atomic E-state index is 14.0. The fourth-order valence-corrected chi connectivity index (χ4v) is 6.63. The maximum Gasteiger partial charge on any atom is 0.319 e. The lowest BCUT2D eigenvalue weighted by atomic mass is 9.96. The molecule has 0 bridgehead atoms. The van der Waals surface area contributed by atoms with Crippen LogP contribution in [0.25, 0.3) is 0 Å². The van der Waals surface area contributed by atoms with E-state index in [-0.39, 0.29) is 30.0 Å².